The molecule has 28 heavy (non-hydrogen) atoms. The van der Waals surface area contributed by atoms with Gasteiger partial charge in [0.2, 0.25) is 10.0 Å². The number of benzene rings is 2. The van der Waals surface area contributed by atoms with Crippen molar-refractivity contribution in [3.05, 3.63) is 47.9 Å². The van der Waals surface area contributed by atoms with Crippen LogP contribution < -0.4 is 24.7 Å². The molecule has 0 fully saturated rings. The number of nitrogens with one attached hydrogen (secondary N) is 1. The predicted octanol–water partition coefficient (Wildman–Crippen LogP) is 2.34. The molecule has 0 heterocycles. The van der Waals surface area contributed by atoms with Crippen molar-refractivity contribution < 1.29 is 36.3 Å². The van der Waals surface area contributed by atoms with Crippen molar-refractivity contribution in [2.45, 2.75) is 31.2 Å². The van der Waals surface area contributed by atoms with Crippen molar-refractivity contribution in [2.75, 3.05) is 26.8 Å². The third kappa shape index (κ3) is 6.40. The first-order valence-electron chi connectivity index (χ1n) is 13.1. The second-order valence-corrected chi connectivity index (χ2v) is 6.87. The van der Waals surface area contributed by atoms with Crippen LogP contribution in [0.3, 0.4) is 0 Å². The van der Waals surface area contributed by atoms with Crippen LogP contribution in [0.2, 0.25) is 0 Å². The summed E-state index contributed by atoms with van der Waals surface area (Å²) in [7, 11) is -3.11. The maximum Gasteiger partial charge on any atom is 0.241 e. The van der Waals surface area contributed by atoms with E-state index < -0.39 is 76.1 Å². The minimum Gasteiger partial charge on any atom is -0.495 e. The van der Waals surface area contributed by atoms with Crippen molar-refractivity contribution in [1.82, 2.24) is 5.32 Å². The topological polar surface area (TPSA) is 99.9 Å². The Bertz CT molecular complexity index is 1310. The SMILES string of the molecule is [2H]c1c([2H])c([2H])c(OC([2H])([2H])C([2H])([2H])N[C@H](C)C([2H])([2H])c2ccc(OC)c(S(N)(=O)=O)c2)c(OCC)c1[2H]. The summed E-state index contributed by atoms with van der Waals surface area (Å²) in [5, 5.41) is 7.36. The number of sulfonamides is 1. The Hall–Kier alpha value is -2.29. The largest absolute Gasteiger partial charge is 0.495 e. The summed E-state index contributed by atoms with van der Waals surface area (Å²) in [5.74, 6) is -1.42. The molecule has 0 spiro atoms. The van der Waals surface area contributed by atoms with Crippen LogP contribution >= 0.6 is 0 Å². The fourth-order valence-corrected chi connectivity index (χ4v) is 2.82. The summed E-state index contributed by atoms with van der Waals surface area (Å²) in [5.41, 5.74) is -0.226. The van der Waals surface area contributed by atoms with E-state index in [2.05, 4.69) is 5.32 Å². The Balaban J connectivity index is 2.46. The molecule has 0 aromatic heterocycles. The van der Waals surface area contributed by atoms with Crippen molar-refractivity contribution in [2.24, 2.45) is 5.14 Å². The number of ether oxygens (including phenoxy) is 3. The van der Waals surface area contributed by atoms with Gasteiger partial charge in [-0.15, -0.1) is 0 Å². The highest BCUT2D eigenvalue weighted by molar-refractivity contribution is 7.89. The molecule has 3 N–H and O–H groups in total. The van der Waals surface area contributed by atoms with Gasteiger partial charge in [0.15, 0.2) is 11.5 Å². The van der Waals surface area contributed by atoms with Gasteiger partial charge >= 0.3 is 0 Å². The van der Waals surface area contributed by atoms with E-state index in [1.165, 1.54) is 33.1 Å². The van der Waals surface area contributed by atoms with E-state index in [0.717, 1.165) is 6.07 Å². The van der Waals surface area contributed by atoms with E-state index in [9.17, 15) is 8.42 Å². The maximum atomic E-state index is 11.9. The second kappa shape index (κ2) is 10.3. The highest BCUT2D eigenvalue weighted by Gasteiger charge is 2.16. The molecule has 0 radical (unpaired) electrons. The summed E-state index contributed by atoms with van der Waals surface area (Å²) in [4.78, 5) is -0.503. The second-order valence-electron chi connectivity index (χ2n) is 5.34. The number of para-hydroxylation sites is 2. The first kappa shape index (κ1) is 11.6. The molecule has 0 saturated heterocycles. The van der Waals surface area contributed by atoms with Crippen LogP contribution in [0, 0.1) is 0 Å². The summed E-state index contributed by atoms with van der Waals surface area (Å²) >= 11 is 0. The minimum absolute atomic E-state index is 0.0633. The Kier molecular flexibility index (Phi) is 4.29. The van der Waals surface area contributed by atoms with Gasteiger partial charge in [0.05, 0.1) is 21.9 Å². The zero-order chi connectivity index (χ0) is 29.4. The van der Waals surface area contributed by atoms with Gasteiger partial charge in [-0.1, -0.05) is 18.2 Å². The van der Waals surface area contributed by atoms with Crippen molar-refractivity contribution >= 4 is 10.0 Å². The summed E-state index contributed by atoms with van der Waals surface area (Å²) in [6.07, 6.45) is -2.48. The molecule has 1 atom stereocenters. The standard InChI is InChI=1S/C20H28N2O5S/c1-4-26-17-7-5-6-8-18(17)27-12-11-22-15(2)13-16-9-10-19(25-3)20(14-16)28(21,23)24/h5-10,14-15,22H,4,11-13H2,1-3H3,(H2,21,23,24)/t15-/m1/s1/i5D,6D,7D,8D,11D2,12D2,13D2. The van der Waals surface area contributed by atoms with Crippen molar-refractivity contribution in [1.29, 1.82) is 0 Å². The summed E-state index contributed by atoms with van der Waals surface area (Å²) in [6.45, 7) is -3.84. The molecular weight excluding hydrogens is 380 g/mol. The lowest BCUT2D eigenvalue weighted by molar-refractivity contribution is 0.272. The molecule has 0 amide bonds. The van der Waals surface area contributed by atoms with E-state index in [4.69, 9.17) is 33.1 Å². The lowest BCUT2D eigenvalue weighted by atomic mass is 10.1. The highest BCUT2D eigenvalue weighted by Crippen LogP contribution is 2.26. The Morgan fingerprint density at radius 2 is 1.89 bits per heavy atom. The normalized spacial score (nSPS) is 19.1. The van der Waals surface area contributed by atoms with Crippen LogP contribution in [0.25, 0.3) is 0 Å². The predicted molar refractivity (Wildman–Crippen MR) is 109 cm³/mol. The van der Waals surface area contributed by atoms with Crippen molar-refractivity contribution in [3.63, 3.8) is 0 Å². The zero-order valence-corrected chi connectivity index (χ0v) is 16.4. The number of nitrogens with two attached hydrogens (primary N) is 1. The molecule has 2 rings (SSSR count). The summed E-state index contributed by atoms with van der Waals surface area (Å²) in [6, 6.07) is -1.06. The Morgan fingerprint density at radius 3 is 2.50 bits per heavy atom. The van der Waals surface area contributed by atoms with Gasteiger partial charge in [0.1, 0.15) is 17.2 Å². The molecule has 7 nitrogen and oxygen atoms in total. The van der Waals surface area contributed by atoms with Crippen molar-refractivity contribution in [3.8, 4) is 17.2 Å². The van der Waals surface area contributed by atoms with Gasteiger partial charge in [-0.2, -0.15) is 0 Å². The fourth-order valence-electron chi connectivity index (χ4n) is 2.10. The van der Waals surface area contributed by atoms with E-state index in [-0.39, 0.29) is 17.9 Å². The molecule has 0 aliphatic rings. The Labute approximate surface area is 180 Å². The molecular formula is C20H28N2O5S. The van der Waals surface area contributed by atoms with E-state index >= 15 is 0 Å². The van der Waals surface area contributed by atoms with Crippen LogP contribution in [0.1, 0.15) is 33.1 Å². The molecule has 8 heteroatoms. The van der Waals surface area contributed by atoms with E-state index in [1.54, 1.807) is 0 Å². The molecule has 2 aromatic carbocycles. The van der Waals surface area contributed by atoms with Gasteiger partial charge in [-0.3, -0.25) is 0 Å². The number of hydrogen-bond acceptors (Lipinski definition) is 6. The molecule has 2 aromatic rings. The number of methoxy groups -OCH3 is 1. The van der Waals surface area contributed by atoms with Gasteiger partial charge in [-0.05, 0) is 50.0 Å². The van der Waals surface area contributed by atoms with Crippen LogP contribution in [0.15, 0.2) is 47.3 Å². The third-order valence-corrected chi connectivity index (χ3v) is 4.19. The van der Waals surface area contributed by atoms with Crippen LogP contribution in [0.4, 0.5) is 0 Å². The third-order valence-electron chi connectivity index (χ3n) is 3.26. The minimum atomic E-state index is -4.31. The maximum absolute atomic E-state index is 11.9. The van der Waals surface area contributed by atoms with Gasteiger partial charge in [0, 0.05) is 18.0 Å². The lowest BCUT2D eigenvalue weighted by Gasteiger charge is -2.16. The first-order chi connectivity index (χ1) is 17.2. The molecule has 0 aliphatic heterocycles. The number of primary sulfonamides is 1. The average Bonchev–Trinajstić information content (AvgIpc) is 2.82. The molecule has 0 aliphatic carbocycles. The summed E-state index contributed by atoms with van der Waals surface area (Å²) < 4.78 is 121. The number of rotatable bonds is 11. The van der Waals surface area contributed by atoms with Gasteiger partial charge in [0.25, 0.3) is 0 Å². The van der Waals surface area contributed by atoms with Crippen LogP contribution in [-0.2, 0) is 16.4 Å². The smallest absolute Gasteiger partial charge is 0.241 e. The monoisotopic (exact) mass is 418 g/mol. The highest BCUT2D eigenvalue weighted by atomic mass is 32.2. The fraction of sp³-hybridized carbons (Fsp3) is 0.400. The quantitative estimate of drug-likeness (QED) is 0.581. The zero-order valence-electron chi connectivity index (χ0n) is 25.5. The molecule has 0 unspecified atom stereocenters. The van der Waals surface area contributed by atoms with E-state index in [0.29, 0.717) is 0 Å². The molecule has 0 saturated carbocycles. The van der Waals surface area contributed by atoms with Crippen LogP contribution in [-0.4, -0.2) is 41.2 Å². The molecule has 0 bridgehead atoms. The molecule has 154 valence electrons. The van der Waals surface area contributed by atoms with Gasteiger partial charge < -0.3 is 19.5 Å². The Morgan fingerprint density at radius 1 is 1.21 bits per heavy atom. The first-order valence-corrected chi connectivity index (χ1v) is 9.68. The van der Waals surface area contributed by atoms with Crippen LogP contribution in [0.5, 0.6) is 17.2 Å². The van der Waals surface area contributed by atoms with E-state index in [1.807, 2.05) is 0 Å². The average molecular weight is 419 g/mol. The number of hydrogen-bond donors (Lipinski definition) is 2. The van der Waals surface area contributed by atoms with Gasteiger partial charge in [-0.25, -0.2) is 13.6 Å². The lowest BCUT2D eigenvalue weighted by Crippen LogP contribution is -2.32.